The van der Waals surface area contributed by atoms with Gasteiger partial charge in [0.15, 0.2) is 5.13 Å². The smallest absolute Gasteiger partial charge is 0.387 e. The van der Waals surface area contributed by atoms with Crippen molar-refractivity contribution < 1.29 is 31.8 Å². The molecular formula is C14H10F4N2O3S. The van der Waals surface area contributed by atoms with Crippen LogP contribution >= 0.6 is 11.3 Å². The quantitative estimate of drug-likeness (QED) is 0.598. The van der Waals surface area contributed by atoms with Crippen LogP contribution in [0.15, 0.2) is 35.9 Å². The van der Waals surface area contributed by atoms with Crippen molar-refractivity contribution >= 4 is 28.5 Å². The molecule has 0 saturated carbocycles. The number of thiazole rings is 1. The number of nitrogens with one attached hydrogen (secondary N) is 1. The largest absolute Gasteiger partial charge is 0.435 e. The number of amides is 1. The van der Waals surface area contributed by atoms with Crippen molar-refractivity contribution in [2.75, 3.05) is 5.32 Å². The van der Waals surface area contributed by atoms with Gasteiger partial charge >= 0.3 is 13.2 Å². The molecule has 0 aliphatic heterocycles. The maximum atomic E-state index is 12.4. The van der Waals surface area contributed by atoms with Crippen LogP contribution in [0.5, 0.6) is 11.5 Å². The summed E-state index contributed by atoms with van der Waals surface area (Å²) in [6.07, 6.45) is 3.77. The van der Waals surface area contributed by atoms with Crippen LogP contribution in [0.1, 0.15) is 5.56 Å². The first-order valence-electron chi connectivity index (χ1n) is 6.36. The fourth-order valence-electron chi connectivity index (χ4n) is 1.62. The van der Waals surface area contributed by atoms with Gasteiger partial charge < -0.3 is 9.47 Å². The van der Waals surface area contributed by atoms with Gasteiger partial charge in [-0.25, -0.2) is 4.98 Å². The first kappa shape index (κ1) is 17.7. The fraction of sp³-hybridized carbons (Fsp3) is 0.143. The summed E-state index contributed by atoms with van der Waals surface area (Å²) < 4.78 is 57.6. The summed E-state index contributed by atoms with van der Waals surface area (Å²) in [6.45, 7) is -6.27. The van der Waals surface area contributed by atoms with Crippen molar-refractivity contribution in [1.82, 2.24) is 4.98 Å². The van der Waals surface area contributed by atoms with Gasteiger partial charge in [-0.15, -0.1) is 11.3 Å². The second-order valence-electron chi connectivity index (χ2n) is 4.12. The third-order valence-corrected chi connectivity index (χ3v) is 3.19. The molecule has 5 nitrogen and oxygen atoms in total. The Morgan fingerprint density at radius 1 is 1.21 bits per heavy atom. The van der Waals surface area contributed by atoms with E-state index in [1.54, 1.807) is 5.38 Å². The number of rotatable bonds is 7. The molecule has 1 aromatic carbocycles. The predicted octanol–water partition coefficient (Wildman–Crippen LogP) is 4.00. The summed E-state index contributed by atoms with van der Waals surface area (Å²) in [5.74, 6) is -1.28. The SMILES string of the molecule is O=C(/C=C/c1ccc(OC(F)F)cc1OC(F)F)Nc1nccs1. The molecule has 0 saturated heterocycles. The highest BCUT2D eigenvalue weighted by molar-refractivity contribution is 7.13. The number of anilines is 1. The molecular weight excluding hydrogens is 352 g/mol. The Bertz CT molecular complexity index is 708. The molecule has 1 aromatic heterocycles. The predicted molar refractivity (Wildman–Crippen MR) is 79.5 cm³/mol. The third kappa shape index (κ3) is 5.54. The summed E-state index contributed by atoms with van der Waals surface area (Å²) in [5.41, 5.74) is 0.0891. The van der Waals surface area contributed by atoms with Gasteiger partial charge in [0.1, 0.15) is 11.5 Å². The Hall–Kier alpha value is -2.62. The van der Waals surface area contributed by atoms with E-state index in [0.717, 1.165) is 18.2 Å². The molecule has 128 valence electrons. The molecule has 0 fully saturated rings. The van der Waals surface area contributed by atoms with E-state index < -0.39 is 24.9 Å². The van der Waals surface area contributed by atoms with Crippen LogP contribution in [0.3, 0.4) is 0 Å². The van der Waals surface area contributed by atoms with Crippen LogP contribution in [-0.4, -0.2) is 24.1 Å². The highest BCUT2D eigenvalue weighted by atomic mass is 32.1. The maximum Gasteiger partial charge on any atom is 0.387 e. The van der Waals surface area contributed by atoms with Crippen molar-refractivity contribution in [2.45, 2.75) is 13.2 Å². The summed E-state index contributed by atoms with van der Waals surface area (Å²) in [6, 6.07) is 3.24. The van der Waals surface area contributed by atoms with Crippen molar-refractivity contribution in [1.29, 1.82) is 0 Å². The van der Waals surface area contributed by atoms with Crippen molar-refractivity contribution in [3.8, 4) is 11.5 Å². The Balaban J connectivity index is 2.14. The van der Waals surface area contributed by atoms with E-state index >= 15 is 0 Å². The molecule has 0 radical (unpaired) electrons. The van der Waals surface area contributed by atoms with Gasteiger partial charge in [-0.2, -0.15) is 17.6 Å². The number of alkyl halides is 4. The van der Waals surface area contributed by atoms with E-state index in [-0.39, 0.29) is 11.3 Å². The number of carbonyl (C=O) groups is 1. The zero-order valence-electron chi connectivity index (χ0n) is 11.8. The van der Waals surface area contributed by atoms with E-state index in [1.807, 2.05) is 0 Å². The van der Waals surface area contributed by atoms with Crippen LogP contribution in [-0.2, 0) is 4.79 Å². The van der Waals surface area contributed by atoms with Gasteiger partial charge in [0.05, 0.1) is 0 Å². The molecule has 0 spiro atoms. The second kappa shape index (κ2) is 8.29. The first-order chi connectivity index (χ1) is 11.4. The Morgan fingerprint density at radius 3 is 2.58 bits per heavy atom. The fourth-order valence-corrected chi connectivity index (χ4v) is 2.16. The van der Waals surface area contributed by atoms with Gasteiger partial charge in [-0.05, 0) is 18.2 Å². The zero-order valence-corrected chi connectivity index (χ0v) is 12.6. The average Bonchev–Trinajstić information content (AvgIpc) is 2.98. The number of carbonyl (C=O) groups excluding carboxylic acids is 1. The molecule has 0 aliphatic rings. The van der Waals surface area contributed by atoms with Crippen LogP contribution in [0.2, 0.25) is 0 Å². The third-order valence-electron chi connectivity index (χ3n) is 2.50. The minimum Gasteiger partial charge on any atom is -0.435 e. The van der Waals surface area contributed by atoms with Crippen LogP contribution < -0.4 is 14.8 Å². The number of aromatic nitrogens is 1. The highest BCUT2D eigenvalue weighted by Crippen LogP contribution is 2.28. The summed E-state index contributed by atoms with van der Waals surface area (Å²) in [7, 11) is 0. The highest BCUT2D eigenvalue weighted by Gasteiger charge is 2.12. The van der Waals surface area contributed by atoms with E-state index in [1.165, 1.54) is 29.7 Å². The number of benzene rings is 1. The van der Waals surface area contributed by atoms with E-state index in [0.29, 0.717) is 5.13 Å². The maximum absolute atomic E-state index is 12.4. The second-order valence-corrected chi connectivity index (χ2v) is 5.01. The Morgan fingerprint density at radius 2 is 1.96 bits per heavy atom. The van der Waals surface area contributed by atoms with Gasteiger partial charge in [0, 0.05) is 29.3 Å². The van der Waals surface area contributed by atoms with Crippen LogP contribution in [0, 0.1) is 0 Å². The topological polar surface area (TPSA) is 60.5 Å². The Labute approximate surface area is 137 Å². The molecule has 1 N–H and O–H groups in total. The molecule has 24 heavy (non-hydrogen) atoms. The first-order valence-corrected chi connectivity index (χ1v) is 7.24. The molecule has 2 rings (SSSR count). The van der Waals surface area contributed by atoms with Gasteiger partial charge in [0.2, 0.25) is 5.91 Å². The standard InChI is InChI=1S/C14H10F4N2O3S/c15-12(16)22-9-3-1-8(10(7-9)23-13(17)18)2-4-11(21)20-14-19-5-6-24-14/h1-7,12-13H,(H,19,20,21)/b4-2+. The van der Waals surface area contributed by atoms with Crippen molar-refractivity contribution in [3.05, 3.63) is 41.4 Å². The van der Waals surface area contributed by atoms with E-state index in [9.17, 15) is 22.4 Å². The minimum atomic E-state index is -3.16. The molecule has 0 unspecified atom stereocenters. The van der Waals surface area contributed by atoms with E-state index in [2.05, 4.69) is 19.8 Å². The van der Waals surface area contributed by atoms with Crippen molar-refractivity contribution in [3.63, 3.8) is 0 Å². The lowest BCUT2D eigenvalue weighted by atomic mass is 10.1. The lowest BCUT2D eigenvalue weighted by molar-refractivity contribution is -0.111. The number of ether oxygens (including phenoxy) is 2. The molecule has 2 aromatic rings. The molecule has 0 atom stereocenters. The van der Waals surface area contributed by atoms with Gasteiger partial charge in [-0.1, -0.05) is 0 Å². The van der Waals surface area contributed by atoms with E-state index in [4.69, 9.17) is 0 Å². The zero-order chi connectivity index (χ0) is 17.5. The lowest BCUT2D eigenvalue weighted by Crippen LogP contribution is -2.08. The summed E-state index contributed by atoms with van der Waals surface area (Å²) >= 11 is 1.20. The molecule has 1 heterocycles. The number of hydrogen-bond acceptors (Lipinski definition) is 5. The molecule has 0 aliphatic carbocycles. The van der Waals surface area contributed by atoms with Crippen molar-refractivity contribution in [2.24, 2.45) is 0 Å². The molecule has 10 heteroatoms. The van der Waals surface area contributed by atoms with Crippen LogP contribution in [0.25, 0.3) is 6.08 Å². The summed E-state index contributed by atoms with van der Waals surface area (Å²) in [5, 5.41) is 4.49. The minimum absolute atomic E-state index is 0.0891. The molecule has 1 amide bonds. The molecule has 0 bridgehead atoms. The average molecular weight is 362 g/mol. The lowest BCUT2D eigenvalue weighted by Gasteiger charge is -2.11. The van der Waals surface area contributed by atoms with Gasteiger partial charge in [-0.3, -0.25) is 10.1 Å². The van der Waals surface area contributed by atoms with Gasteiger partial charge in [0.25, 0.3) is 0 Å². The number of hydrogen-bond donors (Lipinski definition) is 1. The number of halogens is 4. The van der Waals surface area contributed by atoms with Crippen LogP contribution in [0.4, 0.5) is 22.7 Å². The number of nitrogens with zero attached hydrogens (tertiary/aromatic N) is 1. The summed E-state index contributed by atoms with van der Waals surface area (Å²) in [4.78, 5) is 15.5. The Kier molecular flexibility index (Phi) is 6.13. The normalized spacial score (nSPS) is 11.2. The monoisotopic (exact) mass is 362 g/mol.